The SMILES string of the molecule is O=C(Nc1cccc(F)c1)Nc1ccc(Oc2ccc3ncc(N4CCOCC4)nc3c2)c(F)c1. The van der Waals surface area contributed by atoms with E-state index in [2.05, 4.69) is 25.5 Å². The standard InChI is InChI=1S/C25H21F2N5O3/c26-16-2-1-3-17(12-16)29-25(33)30-18-4-7-23(20(27)13-18)35-19-5-6-21-22(14-19)31-24(15-28-21)32-8-10-34-11-9-32/h1-7,12-15H,8-11H2,(H2,29,30,33). The van der Waals surface area contributed by atoms with Crippen LogP contribution in [0.25, 0.3) is 11.0 Å². The number of ether oxygens (including phenoxy) is 2. The highest BCUT2D eigenvalue weighted by Crippen LogP contribution is 2.29. The van der Waals surface area contributed by atoms with Crippen molar-refractivity contribution in [1.82, 2.24) is 9.97 Å². The molecule has 0 bridgehead atoms. The number of nitrogens with one attached hydrogen (secondary N) is 2. The van der Waals surface area contributed by atoms with Crippen LogP contribution in [0.4, 0.5) is 30.8 Å². The van der Waals surface area contributed by atoms with E-state index in [0.717, 1.165) is 25.0 Å². The van der Waals surface area contributed by atoms with Gasteiger partial charge < -0.3 is 25.0 Å². The zero-order valence-electron chi connectivity index (χ0n) is 18.5. The highest BCUT2D eigenvalue weighted by Gasteiger charge is 2.14. The molecule has 0 unspecified atom stereocenters. The molecule has 35 heavy (non-hydrogen) atoms. The van der Waals surface area contributed by atoms with Gasteiger partial charge in [-0.2, -0.15) is 0 Å². The van der Waals surface area contributed by atoms with E-state index in [4.69, 9.17) is 9.47 Å². The fraction of sp³-hybridized carbons (Fsp3) is 0.160. The summed E-state index contributed by atoms with van der Waals surface area (Å²) in [7, 11) is 0. The first-order valence-electron chi connectivity index (χ1n) is 10.9. The minimum absolute atomic E-state index is 0.0160. The van der Waals surface area contributed by atoms with E-state index in [1.165, 1.54) is 36.4 Å². The van der Waals surface area contributed by atoms with Crippen LogP contribution in [0, 0.1) is 11.6 Å². The summed E-state index contributed by atoms with van der Waals surface area (Å²) in [6, 6.07) is 14.0. The molecule has 1 fully saturated rings. The molecular weight excluding hydrogens is 456 g/mol. The molecular formula is C25H21F2N5O3. The highest BCUT2D eigenvalue weighted by molar-refractivity contribution is 5.99. The van der Waals surface area contributed by atoms with Gasteiger partial charge in [-0.15, -0.1) is 0 Å². The lowest BCUT2D eigenvalue weighted by atomic mass is 10.2. The van der Waals surface area contributed by atoms with Crippen molar-refractivity contribution in [3.05, 3.63) is 78.5 Å². The number of carbonyl (C=O) groups is 1. The zero-order chi connectivity index (χ0) is 24.2. The third kappa shape index (κ3) is 5.44. The van der Waals surface area contributed by atoms with Crippen molar-refractivity contribution >= 4 is 34.3 Å². The van der Waals surface area contributed by atoms with E-state index in [1.54, 1.807) is 24.4 Å². The monoisotopic (exact) mass is 477 g/mol. The van der Waals surface area contributed by atoms with E-state index >= 15 is 0 Å². The number of halogens is 2. The highest BCUT2D eigenvalue weighted by atomic mass is 19.1. The van der Waals surface area contributed by atoms with Crippen LogP contribution in [0.2, 0.25) is 0 Å². The number of aromatic nitrogens is 2. The molecule has 178 valence electrons. The van der Waals surface area contributed by atoms with Gasteiger partial charge in [-0.25, -0.2) is 18.6 Å². The number of fused-ring (bicyclic) bond motifs is 1. The molecule has 0 radical (unpaired) electrons. The fourth-order valence-corrected chi connectivity index (χ4v) is 3.64. The van der Waals surface area contributed by atoms with Crippen LogP contribution in [0.1, 0.15) is 0 Å². The van der Waals surface area contributed by atoms with Crippen LogP contribution in [-0.2, 0) is 4.74 Å². The number of hydrogen-bond acceptors (Lipinski definition) is 6. The third-order valence-electron chi connectivity index (χ3n) is 5.34. The molecule has 3 aromatic carbocycles. The third-order valence-corrected chi connectivity index (χ3v) is 5.34. The Morgan fingerprint density at radius 1 is 0.943 bits per heavy atom. The molecule has 10 heteroatoms. The summed E-state index contributed by atoms with van der Waals surface area (Å²) < 4.78 is 39.1. The molecule has 5 rings (SSSR count). The average Bonchev–Trinajstić information content (AvgIpc) is 2.86. The summed E-state index contributed by atoms with van der Waals surface area (Å²) >= 11 is 0. The quantitative estimate of drug-likeness (QED) is 0.412. The molecule has 1 aliphatic heterocycles. The molecule has 1 aliphatic rings. The first-order chi connectivity index (χ1) is 17.0. The van der Waals surface area contributed by atoms with Gasteiger partial charge in [-0.3, -0.25) is 4.98 Å². The predicted molar refractivity (Wildman–Crippen MR) is 128 cm³/mol. The number of nitrogens with zero attached hydrogens (tertiary/aromatic N) is 3. The van der Waals surface area contributed by atoms with E-state index in [0.29, 0.717) is 30.0 Å². The van der Waals surface area contributed by atoms with Crippen LogP contribution in [0.15, 0.2) is 66.9 Å². The summed E-state index contributed by atoms with van der Waals surface area (Å²) in [4.78, 5) is 23.3. The van der Waals surface area contributed by atoms with Crippen molar-refractivity contribution in [2.45, 2.75) is 0 Å². The van der Waals surface area contributed by atoms with Gasteiger partial charge in [0.15, 0.2) is 11.6 Å². The Morgan fingerprint density at radius 3 is 2.51 bits per heavy atom. The van der Waals surface area contributed by atoms with Gasteiger partial charge >= 0.3 is 6.03 Å². The minimum atomic E-state index is -0.665. The molecule has 8 nitrogen and oxygen atoms in total. The van der Waals surface area contributed by atoms with Gasteiger partial charge in [-0.1, -0.05) is 6.07 Å². The molecule has 2 heterocycles. The fourth-order valence-electron chi connectivity index (χ4n) is 3.64. The molecule has 0 atom stereocenters. The Hall–Kier alpha value is -4.31. The number of morpholine rings is 1. The Labute approximate surface area is 199 Å². The van der Waals surface area contributed by atoms with Crippen molar-refractivity contribution in [2.24, 2.45) is 0 Å². The lowest BCUT2D eigenvalue weighted by Crippen LogP contribution is -2.36. The summed E-state index contributed by atoms with van der Waals surface area (Å²) in [6.45, 7) is 2.75. The number of rotatable bonds is 5. The molecule has 0 saturated carbocycles. The maximum absolute atomic E-state index is 14.7. The van der Waals surface area contributed by atoms with Crippen molar-refractivity contribution in [3.63, 3.8) is 0 Å². The Bertz CT molecular complexity index is 1380. The molecule has 1 aromatic heterocycles. The topological polar surface area (TPSA) is 88.6 Å². The number of anilines is 3. The number of benzene rings is 3. The lowest BCUT2D eigenvalue weighted by Gasteiger charge is -2.27. The molecule has 2 N–H and O–H groups in total. The van der Waals surface area contributed by atoms with Crippen molar-refractivity contribution in [1.29, 1.82) is 0 Å². The smallest absolute Gasteiger partial charge is 0.323 e. The molecule has 1 saturated heterocycles. The molecule has 0 aliphatic carbocycles. The number of hydrogen-bond donors (Lipinski definition) is 2. The Kier molecular flexibility index (Phi) is 6.36. The summed E-state index contributed by atoms with van der Waals surface area (Å²) in [5, 5.41) is 4.99. The van der Waals surface area contributed by atoms with Crippen LogP contribution in [0.3, 0.4) is 0 Å². The van der Waals surface area contributed by atoms with Crippen molar-refractivity contribution < 1.29 is 23.0 Å². The van der Waals surface area contributed by atoms with E-state index < -0.39 is 17.7 Å². The van der Waals surface area contributed by atoms with Crippen molar-refractivity contribution in [2.75, 3.05) is 41.8 Å². The van der Waals surface area contributed by atoms with Gasteiger partial charge in [0.05, 0.1) is 30.4 Å². The average molecular weight is 477 g/mol. The Balaban J connectivity index is 1.27. The summed E-state index contributed by atoms with van der Waals surface area (Å²) in [5.74, 6) is -0.0164. The zero-order valence-corrected chi connectivity index (χ0v) is 18.5. The number of carbonyl (C=O) groups excluding carboxylic acids is 1. The van der Waals surface area contributed by atoms with Crippen molar-refractivity contribution in [3.8, 4) is 11.5 Å². The molecule has 0 spiro atoms. The molecule has 2 amide bonds. The first kappa shape index (κ1) is 22.5. The number of urea groups is 1. The van der Waals surface area contributed by atoms with E-state index in [1.807, 2.05) is 0 Å². The van der Waals surface area contributed by atoms with Gasteiger partial charge in [0.2, 0.25) is 0 Å². The summed E-state index contributed by atoms with van der Waals surface area (Å²) in [5.41, 5.74) is 1.81. The second-order valence-electron chi connectivity index (χ2n) is 7.81. The van der Waals surface area contributed by atoms with Crippen LogP contribution in [-0.4, -0.2) is 42.3 Å². The first-order valence-corrected chi connectivity index (χ1v) is 10.9. The molecule has 4 aromatic rings. The van der Waals surface area contributed by atoms with Gasteiger partial charge in [0.1, 0.15) is 17.4 Å². The van der Waals surface area contributed by atoms with Crippen LogP contribution in [0.5, 0.6) is 11.5 Å². The van der Waals surface area contributed by atoms with E-state index in [9.17, 15) is 13.6 Å². The second kappa shape index (κ2) is 9.90. The summed E-state index contributed by atoms with van der Waals surface area (Å²) in [6.07, 6.45) is 1.73. The van der Waals surface area contributed by atoms with Crippen LogP contribution >= 0.6 is 0 Å². The Morgan fingerprint density at radius 2 is 1.74 bits per heavy atom. The van der Waals surface area contributed by atoms with E-state index in [-0.39, 0.29) is 17.1 Å². The van der Waals surface area contributed by atoms with Gasteiger partial charge in [0.25, 0.3) is 0 Å². The number of amides is 2. The van der Waals surface area contributed by atoms with Gasteiger partial charge in [0, 0.05) is 36.6 Å². The maximum Gasteiger partial charge on any atom is 0.323 e. The lowest BCUT2D eigenvalue weighted by molar-refractivity contribution is 0.122. The van der Waals surface area contributed by atoms with Gasteiger partial charge in [-0.05, 0) is 42.5 Å². The minimum Gasteiger partial charge on any atom is -0.454 e. The second-order valence-corrected chi connectivity index (χ2v) is 7.81. The van der Waals surface area contributed by atoms with Crippen LogP contribution < -0.4 is 20.3 Å². The maximum atomic E-state index is 14.7. The normalized spacial score (nSPS) is 13.5. The largest absolute Gasteiger partial charge is 0.454 e. The predicted octanol–water partition coefficient (Wildman–Crippen LogP) is 5.18.